The lowest BCUT2D eigenvalue weighted by Gasteiger charge is -2.19. The Morgan fingerprint density at radius 1 is 1.23 bits per heavy atom. The number of urea groups is 1. The van der Waals surface area contributed by atoms with Crippen LogP contribution < -0.4 is 10.1 Å². The minimum absolute atomic E-state index is 0.0900. The van der Waals surface area contributed by atoms with Gasteiger partial charge in [-0.15, -0.1) is 11.3 Å². The summed E-state index contributed by atoms with van der Waals surface area (Å²) >= 11 is 1.55. The third-order valence-electron chi connectivity index (χ3n) is 3.64. The van der Waals surface area contributed by atoms with Crippen LogP contribution in [0.1, 0.15) is 16.3 Å². The molecule has 0 saturated heterocycles. The van der Waals surface area contributed by atoms with Gasteiger partial charge in [-0.25, -0.2) is 9.78 Å². The van der Waals surface area contributed by atoms with Crippen molar-refractivity contribution >= 4 is 29.0 Å². The van der Waals surface area contributed by atoms with Gasteiger partial charge >= 0.3 is 6.03 Å². The summed E-state index contributed by atoms with van der Waals surface area (Å²) in [5, 5.41) is 5.73. The summed E-state index contributed by atoms with van der Waals surface area (Å²) in [5.41, 5.74) is 2.34. The number of likely N-dealkylation sites (N-methyl/N-ethyl adjacent to an activating group) is 1. The predicted molar refractivity (Wildman–Crippen MR) is 103 cm³/mol. The van der Waals surface area contributed by atoms with Gasteiger partial charge < -0.3 is 19.9 Å². The summed E-state index contributed by atoms with van der Waals surface area (Å²) in [7, 11) is 5.04. The molecule has 0 spiro atoms. The molecule has 0 unspecified atom stereocenters. The van der Waals surface area contributed by atoms with Gasteiger partial charge in [0.25, 0.3) is 5.91 Å². The molecule has 26 heavy (non-hydrogen) atoms. The summed E-state index contributed by atoms with van der Waals surface area (Å²) in [5.74, 6) is 0.311. The van der Waals surface area contributed by atoms with Crippen LogP contribution in [0, 0.1) is 13.8 Å². The number of nitrogens with zero attached hydrogens (tertiary/aromatic N) is 3. The number of hydrogen-bond acceptors (Lipinski definition) is 5. The number of nitrogens with one attached hydrogen (secondary N) is 1. The van der Waals surface area contributed by atoms with Gasteiger partial charge in [-0.2, -0.15) is 0 Å². The lowest BCUT2D eigenvalue weighted by Crippen LogP contribution is -2.31. The second-order valence-electron chi connectivity index (χ2n) is 6.22. The molecule has 2 aromatic rings. The molecule has 2 rings (SSSR count). The molecule has 0 saturated carbocycles. The van der Waals surface area contributed by atoms with Crippen molar-refractivity contribution in [1.82, 2.24) is 14.8 Å². The molecule has 1 N–H and O–H groups in total. The number of carbonyl (C=O) groups excluding carboxylic acids is 2. The van der Waals surface area contributed by atoms with Crippen LogP contribution in [0.2, 0.25) is 0 Å². The van der Waals surface area contributed by atoms with Crippen LogP contribution in [0.5, 0.6) is 5.75 Å². The molecule has 0 radical (unpaired) electrons. The normalized spacial score (nSPS) is 10.3. The Hall–Kier alpha value is -2.61. The van der Waals surface area contributed by atoms with Crippen LogP contribution in [0.3, 0.4) is 0 Å². The monoisotopic (exact) mass is 376 g/mol. The highest BCUT2D eigenvalue weighted by Gasteiger charge is 2.15. The Morgan fingerprint density at radius 3 is 2.58 bits per heavy atom. The number of carbonyl (C=O) groups is 2. The lowest BCUT2D eigenvalue weighted by atomic mass is 10.2. The lowest BCUT2D eigenvalue weighted by molar-refractivity contribution is -0.130. The molecule has 8 heteroatoms. The molecule has 0 bridgehead atoms. The zero-order valence-electron chi connectivity index (χ0n) is 15.7. The maximum Gasteiger partial charge on any atom is 0.322 e. The SMILES string of the molecule is Cc1ccc(NC(=O)N(C)Cc2csc(C)n2)c(OCC(=O)N(C)C)c1. The third kappa shape index (κ3) is 5.45. The first-order valence-electron chi connectivity index (χ1n) is 8.13. The minimum Gasteiger partial charge on any atom is -0.482 e. The molecule has 0 atom stereocenters. The summed E-state index contributed by atoms with van der Waals surface area (Å²) < 4.78 is 5.61. The van der Waals surface area contributed by atoms with Gasteiger partial charge in [-0.3, -0.25) is 4.79 Å². The van der Waals surface area contributed by atoms with Gasteiger partial charge in [0.05, 0.1) is 22.9 Å². The van der Waals surface area contributed by atoms with Crippen molar-refractivity contribution < 1.29 is 14.3 Å². The highest BCUT2D eigenvalue weighted by Crippen LogP contribution is 2.26. The molecule has 0 aliphatic rings. The van der Waals surface area contributed by atoms with Crippen LogP contribution >= 0.6 is 11.3 Å². The Bertz CT molecular complexity index is 788. The highest BCUT2D eigenvalue weighted by atomic mass is 32.1. The molecule has 140 valence electrons. The van der Waals surface area contributed by atoms with Gasteiger partial charge in [0.15, 0.2) is 6.61 Å². The van der Waals surface area contributed by atoms with Crippen molar-refractivity contribution in [3.8, 4) is 5.75 Å². The average Bonchev–Trinajstić information content (AvgIpc) is 2.99. The topological polar surface area (TPSA) is 74.8 Å². The Morgan fingerprint density at radius 2 is 1.96 bits per heavy atom. The molecule has 1 aromatic heterocycles. The smallest absolute Gasteiger partial charge is 0.322 e. The first-order chi connectivity index (χ1) is 12.3. The van der Waals surface area contributed by atoms with Crippen molar-refractivity contribution in [2.45, 2.75) is 20.4 Å². The Labute approximate surface area is 157 Å². The van der Waals surface area contributed by atoms with Gasteiger partial charge in [0.1, 0.15) is 5.75 Å². The van der Waals surface area contributed by atoms with Crippen molar-refractivity contribution in [1.29, 1.82) is 0 Å². The molecule has 0 aliphatic carbocycles. The second kappa shape index (κ2) is 8.66. The largest absolute Gasteiger partial charge is 0.482 e. The van der Waals surface area contributed by atoms with E-state index in [1.54, 1.807) is 49.5 Å². The zero-order chi connectivity index (χ0) is 19.3. The first kappa shape index (κ1) is 19.7. The van der Waals surface area contributed by atoms with E-state index < -0.39 is 0 Å². The predicted octanol–water partition coefficient (Wildman–Crippen LogP) is 2.89. The first-order valence-corrected chi connectivity index (χ1v) is 9.01. The summed E-state index contributed by atoms with van der Waals surface area (Å²) in [6.07, 6.45) is 0. The Kier molecular flexibility index (Phi) is 6.57. The van der Waals surface area contributed by atoms with Crippen LogP contribution in [0.4, 0.5) is 10.5 Å². The fraction of sp³-hybridized carbons (Fsp3) is 0.389. The number of rotatable bonds is 6. The molecule has 3 amide bonds. The van der Waals surface area contributed by atoms with Crippen LogP contribution in [0.15, 0.2) is 23.6 Å². The molecular weight excluding hydrogens is 352 g/mol. The Balaban J connectivity index is 2.05. The molecule has 0 fully saturated rings. The number of aromatic nitrogens is 1. The highest BCUT2D eigenvalue weighted by molar-refractivity contribution is 7.09. The van der Waals surface area contributed by atoms with E-state index in [4.69, 9.17) is 4.74 Å². The summed E-state index contributed by atoms with van der Waals surface area (Å²) in [4.78, 5) is 31.6. The fourth-order valence-electron chi connectivity index (χ4n) is 2.13. The van der Waals surface area contributed by atoms with Crippen LogP contribution in [0.25, 0.3) is 0 Å². The van der Waals surface area contributed by atoms with Gasteiger partial charge in [-0.1, -0.05) is 6.07 Å². The molecule has 1 heterocycles. The molecule has 7 nitrogen and oxygen atoms in total. The molecule has 0 aliphatic heterocycles. The summed E-state index contributed by atoms with van der Waals surface area (Å²) in [6, 6.07) is 5.16. The number of ether oxygens (including phenoxy) is 1. The van der Waals surface area contributed by atoms with Gasteiger partial charge in [0, 0.05) is 26.5 Å². The van der Waals surface area contributed by atoms with E-state index in [0.29, 0.717) is 18.0 Å². The number of benzene rings is 1. The number of thiazole rings is 1. The number of anilines is 1. The second-order valence-corrected chi connectivity index (χ2v) is 7.28. The van der Waals surface area contributed by atoms with Gasteiger partial charge in [0.2, 0.25) is 0 Å². The zero-order valence-corrected chi connectivity index (χ0v) is 16.5. The number of aryl methyl sites for hydroxylation is 2. The number of amides is 3. The quantitative estimate of drug-likeness (QED) is 0.841. The van der Waals surface area contributed by atoms with Crippen LogP contribution in [-0.2, 0) is 11.3 Å². The summed E-state index contributed by atoms with van der Waals surface area (Å²) in [6.45, 7) is 4.17. The van der Waals surface area contributed by atoms with E-state index >= 15 is 0 Å². The van der Waals surface area contributed by atoms with E-state index in [1.165, 1.54) is 4.90 Å². The van der Waals surface area contributed by atoms with Crippen molar-refractivity contribution in [2.75, 3.05) is 33.1 Å². The van der Waals surface area contributed by atoms with Crippen molar-refractivity contribution in [2.24, 2.45) is 0 Å². The standard InChI is InChI=1S/C18H24N4O3S/c1-12-6-7-15(16(8-12)25-10-17(23)21(3)4)20-18(24)22(5)9-14-11-26-13(2)19-14/h6-8,11H,9-10H2,1-5H3,(H,20,24). The maximum atomic E-state index is 12.5. The molecular formula is C18H24N4O3S. The maximum absolute atomic E-state index is 12.5. The van der Waals surface area contributed by atoms with E-state index in [1.807, 2.05) is 25.3 Å². The van der Waals surface area contributed by atoms with Crippen molar-refractivity contribution in [3.05, 3.63) is 39.8 Å². The minimum atomic E-state index is -0.275. The molecule has 1 aromatic carbocycles. The van der Waals surface area contributed by atoms with E-state index in [9.17, 15) is 9.59 Å². The fourth-order valence-corrected chi connectivity index (χ4v) is 2.73. The number of hydrogen-bond donors (Lipinski definition) is 1. The van der Waals surface area contributed by atoms with Gasteiger partial charge in [-0.05, 0) is 31.5 Å². The van der Waals surface area contributed by atoms with Crippen LogP contribution in [-0.4, -0.2) is 54.5 Å². The third-order valence-corrected chi connectivity index (χ3v) is 4.46. The average molecular weight is 376 g/mol. The van der Waals surface area contributed by atoms with Crippen molar-refractivity contribution in [3.63, 3.8) is 0 Å². The van der Waals surface area contributed by atoms with E-state index in [0.717, 1.165) is 16.3 Å². The van der Waals surface area contributed by atoms with E-state index in [2.05, 4.69) is 10.3 Å². The van der Waals surface area contributed by atoms with E-state index in [-0.39, 0.29) is 18.5 Å².